The molecule has 1 unspecified atom stereocenters. The van der Waals surface area contributed by atoms with Gasteiger partial charge < -0.3 is 29.0 Å². The zero-order chi connectivity index (χ0) is 20.8. The molecule has 1 N–H and O–H groups in total. The van der Waals surface area contributed by atoms with Crippen LogP contribution < -0.4 is 24.3 Å². The molecule has 0 saturated carbocycles. The van der Waals surface area contributed by atoms with Crippen LogP contribution in [0, 0.1) is 0 Å². The van der Waals surface area contributed by atoms with Crippen LogP contribution in [0.1, 0.15) is 23.2 Å². The maximum atomic E-state index is 12.9. The first-order valence-corrected chi connectivity index (χ1v) is 9.58. The Morgan fingerprint density at radius 3 is 2.41 bits per heavy atom. The van der Waals surface area contributed by atoms with Crippen LogP contribution in [0.2, 0.25) is 5.02 Å². The first-order chi connectivity index (χ1) is 14.0. The van der Waals surface area contributed by atoms with Crippen LogP contribution >= 0.6 is 11.6 Å². The fourth-order valence-electron chi connectivity index (χ4n) is 3.09. The van der Waals surface area contributed by atoms with Crippen LogP contribution in [0.4, 0.5) is 5.69 Å². The summed E-state index contributed by atoms with van der Waals surface area (Å²) in [4.78, 5) is 12.9. The fraction of sp³-hybridized carbons (Fsp3) is 0.381. The van der Waals surface area contributed by atoms with Crippen molar-refractivity contribution >= 4 is 23.2 Å². The third-order valence-corrected chi connectivity index (χ3v) is 4.80. The lowest BCUT2D eigenvalue weighted by molar-refractivity contribution is 0.0682. The number of benzene rings is 2. The van der Waals surface area contributed by atoms with Crippen molar-refractivity contribution in [2.45, 2.75) is 18.9 Å². The highest BCUT2D eigenvalue weighted by Crippen LogP contribution is 2.38. The average molecular weight is 422 g/mol. The second-order valence-corrected chi connectivity index (χ2v) is 6.89. The maximum absolute atomic E-state index is 12.9. The average Bonchev–Trinajstić information content (AvgIpc) is 3.25. The van der Waals surface area contributed by atoms with E-state index in [2.05, 4.69) is 5.32 Å². The van der Waals surface area contributed by atoms with E-state index in [1.165, 1.54) is 21.3 Å². The van der Waals surface area contributed by atoms with Crippen molar-refractivity contribution < 1.29 is 28.5 Å². The molecule has 2 aromatic carbocycles. The second kappa shape index (κ2) is 9.71. The molecule has 1 saturated heterocycles. The number of hydrogen-bond acceptors (Lipinski definition) is 6. The Morgan fingerprint density at radius 2 is 1.83 bits per heavy atom. The van der Waals surface area contributed by atoms with E-state index in [9.17, 15) is 4.79 Å². The Hall–Kier alpha value is -2.64. The second-order valence-electron chi connectivity index (χ2n) is 6.45. The van der Waals surface area contributed by atoms with E-state index in [4.69, 9.17) is 35.3 Å². The molecule has 1 aliphatic heterocycles. The van der Waals surface area contributed by atoms with Crippen LogP contribution in [0.3, 0.4) is 0 Å². The highest BCUT2D eigenvalue weighted by atomic mass is 35.5. The van der Waals surface area contributed by atoms with E-state index in [1.54, 1.807) is 30.3 Å². The Balaban J connectivity index is 1.82. The van der Waals surface area contributed by atoms with E-state index in [0.29, 0.717) is 45.9 Å². The van der Waals surface area contributed by atoms with E-state index < -0.39 is 0 Å². The summed E-state index contributed by atoms with van der Waals surface area (Å²) in [5, 5.41) is 3.32. The van der Waals surface area contributed by atoms with Crippen molar-refractivity contribution in [3.05, 3.63) is 40.9 Å². The molecular formula is C21H24ClNO6. The van der Waals surface area contributed by atoms with Crippen LogP contribution in [0.5, 0.6) is 23.0 Å². The van der Waals surface area contributed by atoms with Gasteiger partial charge >= 0.3 is 0 Å². The van der Waals surface area contributed by atoms with Crippen LogP contribution in [-0.4, -0.2) is 46.6 Å². The van der Waals surface area contributed by atoms with Crippen molar-refractivity contribution in [1.82, 2.24) is 0 Å². The van der Waals surface area contributed by atoms with Crippen molar-refractivity contribution in [2.75, 3.05) is 39.9 Å². The highest BCUT2D eigenvalue weighted by Gasteiger charge is 2.20. The summed E-state index contributed by atoms with van der Waals surface area (Å²) in [5.74, 6) is 1.34. The molecule has 7 nitrogen and oxygen atoms in total. The molecule has 1 atom stereocenters. The number of carbonyl (C=O) groups is 1. The molecular weight excluding hydrogens is 398 g/mol. The molecule has 3 rings (SSSR count). The minimum absolute atomic E-state index is 0.0596. The molecule has 1 fully saturated rings. The number of halogens is 1. The van der Waals surface area contributed by atoms with Gasteiger partial charge in [-0.05, 0) is 43.2 Å². The molecule has 1 aliphatic rings. The van der Waals surface area contributed by atoms with Crippen molar-refractivity contribution in [3.63, 3.8) is 0 Å². The number of rotatable bonds is 8. The third-order valence-electron chi connectivity index (χ3n) is 4.57. The zero-order valence-electron chi connectivity index (χ0n) is 16.6. The van der Waals surface area contributed by atoms with E-state index in [0.717, 1.165) is 19.4 Å². The van der Waals surface area contributed by atoms with Gasteiger partial charge in [0.05, 0.1) is 33.1 Å². The topological polar surface area (TPSA) is 75.3 Å². The normalized spacial score (nSPS) is 15.7. The van der Waals surface area contributed by atoms with Gasteiger partial charge in [-0.15, -0.1) is 0 Å². The van der Waals surface area contributed by atoms with Gasteiger partial charge in [0.25, 0.3) is 5.91 Å². The van der Waals surface area contributed by atoms with Gasteiger partial charge in [0.15, 0.2) is 11.5 Å². The van der Waals surface area contributed by atoms with Crippen LogP contribution in [-0.2, 0) is 4.74 Å². The summed E-state index contributed by atoms with van der Waals surface area (Å²) in [5.41, 5.74) is 0.804. The molecule has 0 radical (unpaired) electrons. The summed E-state index contributed by atoms with van der Waals surface area (Å²) in [6.45, 7) is 1.16. The number of carbonyl (C=O) groups excluding carboxylic acids is 1. The number of ether oxygens (including phenoxy) is 5. The quantitative estimate of drug-likeness (QED) is 0.689. The summed E-state index contributed by atoms with van der Waals surface area (Å²) in [7, 11) is 4.49. The molecule has 2 aromatic rings. The van der Waals surface area contributed by atoms with Gasteiger partial charge in [0.1, 0.15) is 12.4 Å². The molecule has 0 aliphatic carbocycles. The monoisotopic (exact) mass is 421 g/mol. The zero-order valence-corrected chi connectivity index (χ0v) is 17.4. The number of nitrogens with one attached hydrogen (secondary N) is 1. The first kappa shape index (κ1) is 21.1. The smallest absolute Gasteiger partial charge is 0.256 e. The molecule has 0 spiro atoms. The lowest BCUT2D eigenvalue weighted by Crippen LogP contribution is -2.18. The first-order valence-electron chi connectivity index (χ1n) is 9.21. The fourth-order valence-corrected chi connectivity index (χ4v) is 3.26. The Labute approximate surface area is 174 Å². The molecule has 156 valence electrons. The molecule has 0 aromatic heterocycles. The molecule has 29 heavy (non-hydrogen) atoms. The molecule has 0 bridgehead atoms. The van der Waals surface area contributed by atoms with Gasteiger partial charge in [-0.25, -0.2) is 0 Å². The van der Waals surface area contributed by atoms with Gasteiger partial charge in [-0.2, -0.15) is 0 Å². The highest BCUT2D eigenvalue weighted by molar-refractivity contribution is 6.31. The summed E-state index contributed by atoms with van der Waals surface area (Å²) < 4.78 is 27.4. The van der Waals surface area contributed by atoms with Crippen molar-refractivity contribution in [1.29, 1.82) is 0 Å². The number of hydrogen-bond donors (Lipinski definition) is 1. The summed E-state index contributed by atoms with van der Waals surface area (Å²) >= 11 is 6.12. The number of anilines is 1. The van der Waals surface area contributed by atoms with Gasteiger partial charge in [-0.3, -0.25) is 4.79 Å². The van der Waals surface area contributed by atoms with E-state index in [-0.39, 0.29) is 12.0 Å². The molecule has 1 heterocycles. The SMILES string of the molecule is COc1cc(C(=O)Nc2cc(Cl)ccc2OCC2CCCO2)cc(OC)c1OC. The van der Waals surface area contributed by atoms with Gasteiger partial charge in [-0.1, -0.05) is 11.6 Å². The predicted octanol–water partition coefficient (Wildman–Crippen LogP) is 4.18. The molecule has 1 amide bonds. The Bertz CT molecular complexity index is 841. The van der Waals surface area contributed by atoms with Crippen molar-refractivity contribution in [2.24, 2.45) is 0 Å². The summed E-state index contributed by atoms with van der Waals surface area (Å²) in [6, 6.07) is 8.23. The standard InChI is InChI=1S/C21H24ClNO6/c1-25-18-9-13(10-19(26-2)20(18)27-3)21(24)23-16-11-14(22)6-7-17(16)29-12-15-5-4-8-28-15/h6-7,9-11,15H,4-5,8,12H2,1-3H3,(H,23,24). The summed E-state index contributed by atoms with van der Waals surface area (Å²) in [6.07, 6.45) is 2.05. The Kier molecular flexibility index (Phi) is 7.06. The van der Waals surface area contributed by atoms with E-state index in [1.807, 2.05) is 0 Å². The molecule has 8 heteroatoms. The van der Waals surface area contributed by atoms with Crippen LogP contribution in [0.15, 0.2) is 30.3 Å². The maximum Gasteiger partial charge on any atom is 0.256 e. The largest absolute Gasteiger partial charge is 0.493 e. The lowest BCUT2D eigenvalue weighted by atomic mass is 10.1. The minimum atomic E-state index is -0.367. The third kappa shape index (κ3) is 5.05. The van der Waals surface area contributed by atoms with Gasteiger partial charge in [0, 0.05) is 17.2 Å². The van der Waals surface area contributed by atoms with Crippen molar-refractivity contribution in [3.8, 4) is 23.0 Å². The van der Waals surface area contributed by atoms with Crippen LogP contribution in [0.25, 0.3) is 0 Å². The minimum Gasteiger partial charge on any atom is -0.493 e. The van der Waals surface area contributed by atoms with E-state index >= 15 is 0 Å². The predicted molar refractivity (Wildman–Crippen MR) is 110 cm³/mol. The lowest BCUT2D eigenvalue weighted by Gasteiger charge is -2.17. The number of methoxy groups -OCH3 is 3. The number of amides is 1. The van der Waals surface area contributed by atoms with Gasteiger partial charge in [0.2, 0.25) is 5.75 Å². The Morgan fingerprint density at radius 1 is 1.10 bits per heavy atom.